The molecular weight excluding hydrogens is 256 g/mol. The SMILES string of the molecule is O=C(NCCCOC1CCOC1)C1CC12CCNCC2. The highest BCUT2D eigenvalue weighted by molar-refractivity contribution is 5.82. The molecule has 3 fully saturated rings. The van der Waals surface area contributed by atoms with E-state index >= 15 is 0 Å². The Morgan fingerprint density at radius 3 is 3.00 bits per heavy atom. The molecule has 5 heteroatoms. The summed E-state index contributed by atoms with van der Waals surface area (Å²) < 4.78 is 10.9. The van der Waals surface area contributed by atoms with Crippen molar-refractivity contribution in [3.8, 4) is 0 Å². The maximum Gasteiger partial charge on any atom is 0.223 e. The van der Waals surface area contributed by atoms with Gasteiger partial charge in [0.15, 0.2) is 0 Å². The minimum atomic E-state index is 0.260. The standard InChI is InChI=1S/C15H26N2O3/c18-14(13-10-15(13)3-6-16-7-4-15)17-5-1-8-20-12-2-9-19-11-12/h12-13,16H,1-11H2,(H,17,18). The minimum Gasteiger partial charge on any atom is -0.379 e. The molecule has 1 amide bonds. The summed E-state index contributed by atoms with van der Waals surface area (Å²) in [7, 11) is 0. The van der Waals surface area contributed by atoms with E-state index < -0.39 is 0 Å². The Balaban J connectivity index is 1.26. The molecule has 0 aromatic carbocycles. The van der Waals surface area contributed by atoms with Gasteiger partial charge in [-0.15, -0.1) is 0 Å². The molecule has 1 saturated carbocycles. The van der Waals surface area contributed by atoms with Crippen molar-refractivity contribution in [2.45, 2.75) is 38.2 Å². The van der Waals surface area contributed by atoms with E-state index in [0.717, 1.165) is 65.0 Å². The summed E-state index contributed by atoms with van der Waals surface area (Å²) in [5.41, 5.74) is 0.340. The first-order valence-electron chi connectivity index (χ1n) is 7.98. The third kappa shape index (κ3) is 3.32. The summed E-state index contributed by atoms with van der Waals surface area (Å²) >= 11 is 0. The molecule has 1 aliphatic carbocycles. The maximum atomic E-state index is 12.1. The summed E-state index contributed by atoms with van der Waals surface area (Å²) in [5, 5.41) is 6.44. The Kier molecular flexibility index (Phi) is 4.58. The van der Waals surface area contributed by atoms with Gasteiger partial charge in [0.05, 0.1) is 12.7 Å². The van der Waals surface area contributed by atoms with E-state index in [1.807, 2.05) is 0 Å². The molecule has 0 aromatic heterocycles. The summed E-state index contributed by atoms with van der Waals surface area (Å²) in [4.78, 5) is 12.1. The van der Waals surface area contributed by atoms with Crippen molar-refractivity contribution in [2.75, 3.05) is 39.5 Å². The zero-order valence-electron chi connectivity index (χ0n) is 12.2. The topological polar surface area (TPSA) is 59.6 Å². The molecule has 2 atom stereocenters. The Morgan fingerprint density at radius 1 is 1.40 bits per heavy atom. The van der Waals surface area contributed by atoms with Crippen LogP contribution in [-0.2, 0) is 14.3 Å². The van der Waals surface area contributed by atoms with Gasteiger partial charge in [0.2, 0.25) is 5.91 Å². The van der Waals surface area contributed by atoms with Gasteiger partial charge in [-0.2, -0.15) is 0 Å². The lowest BCUT2D eigenvalue weighted by molar-refractivity contribution is -0.123. The number of carbonyl (C=O) groups excluding carboxylic acids is 1. The molecule has 0 radical (unpaired) electrons. The number of hydrogen-bond acceptors (Lipinski definition) is 4. The van der Waals surface area contributed by atoms with Crippen molar-refractivity contribution in [2.24, 2.45) is 11.3 Å². The Hall–Kier alpha value is -0.650. The van der Waals surface area contributed by atoms with Crippen LogP contribution in [0.2, 0.25) is 0 Å². The minimum absolute atomic E-state index is 0.260. The van der Waals surface area contributed by atoms with Crippen molar-refractivity contribution in [3.05, 3.63) is 0 Å². The molecule has 20 heavy (non-hydrogen) atoms. The van der Waals surface area contributed by atoms with E-state index in [1.165, 1.54) is 0 Å². The highest BCUT2D eigenvalue weighted by Crippen LogP contribution is 2.58. The van der Waals surface area contributed by atoms with Gasteiger partial charge in [-0.05, 0) is 50.6 Å². The molecule has 1 spiro atoms. The van der Waals surface area contributed by atoms with Gasteiger partial charge in [0.1, 0.15) is 0 Å². The lowest BCUT2D eigenvalue weighted by Gasteiger charge is -2.23. The zero-order valence-corrected chi connectivity index (χ0v) is 12.2. The van der Waals surface area contributed by atoms with Crippen molar-refractivity contribution < 1.29 is 14.3 Å². The number of nitrogens with one attached hydrogen (secondary N) is 2. The van der Waals surface area contributed by atoms with E-state index in [9.17, 15) is 4.79 Å². The molecule has 2 N–H and O–H groups in total. The zero-order chi connectivity index (χ0) is 13.8. The Morgan fingerprint density at radius 2 is 2.25 bits per heavy atom. The van der Waals surface area contributed by atoms with Crippen molar-refractivity contribution in [3.63, 3.8) is 0 Å². The summed E-state index contributed by atoms with van der Waals surface area (Å²) in [6.07, 6.45) is 5.59. The Bertz CT molecular complexity index is 336. The van der Waals surface area contributed by atoms with Gasteiger partial charge in [-0.3, -0.25) is 4.79 Å². The van der Waals surface area contributed by atoms with Crippen LogP contribution < -0.4 is 10.6 Å². The van der Waals surface area contributed by atoms with Gasteiger partial charge in [-0.1, -0.05) is 0 Å². The van der Waals surface area contributed by atoms with Gasteiger partial charge < -0.3 is 20.1 Å². The third-order valence-electron chi connectivity index (χ3n) is 4.97. The predicted octanol–water partition coefficient (Wildman–Crippen LogP) is 0.688. The second kappa shape index (κ2) is 6.41. The summed E-state index contributed by atoms with van der Waals surface area (Å²) in [6.45, 7) is 5.14. The van der Waals surface area contributed by atoms with Crippen LogP contribution in [0.15, 0.2) is 0 Å². The van der Waals surface area contributed by atoms with Crippen LogP contribution >= 0.6 is 0 Å². The number of hydrogen-bond donors (Lipinski definition) is 2. The molecule has 2 saturated heterocycles. The first-order valence-corrected chi connectivity index (χ1v) is 7.98. The van der Waals surface area contributed by atoms with E-state index in [1.54, 1.807) is 0 Å². The van der Waals surface area contributed by atoms with Gasteiger partial charge in [0, 0.05) is 25.7 Å². The van der Waals surface area contributed by atoms with Crippen LogP contribution in [0.4, 0.5) is 0 Å². The lowest BCUT2D eigenvalue weighted by Crippen LogP contribution is -2.34. The van der Waals surface area contributed by atoms with Crippen LogP contribution in [-0.4, -0.2) is 51.5 Å². The van der Waals surface area contributed by atoms with E-state index in [4.69, 9.17) is 9.47 Å². The molecule has 3 aliphatic rings. The molecule has 0 bridgehead atoms. The average Bonchev–Trinajstić information content (AvgIpc) is 2.92. The molecule has 114 valence electrons. The molecule has 2 unspecified atom stereocenters. The molecule has 2 heterocycles. The highest BCUT2D eigenvalue weighted by atomic mass is 16.5. The van der Waals surface area contributed by atoms with Crippen molar-refractivity contribution in [1.82, 2.24) is 10.6 Å². The number of rotatable bonds is 6. The maximum absolute atomic E-state index is 12.1. The molecule has 5 nitrogen and oxygen atoms in total. The fraction of sp³-hybridized carbons (Fsp3) is 0.933. The number of ether oxygens (including phenoxy) is 2. The van der Waals surface area contributed by atoms with Crippen molar-refractivity contribution >= 4 is 5.91 Å². The normalized spacial score (nSPS) is 31.4. The summed E-state index contributed by atoms with van der Waals surface area (Å²) in [5.74, 6) is 0.532. The first-order chi connectivity index (χ1) is 9.80. The molecule has 0 aromatic rings. The Labute approximate surface area is 120 Å². The second-order valence-electron chi connectivity index (χ2n) is 6.37. The predicted molar refractivity (Wildman–Crippen MR) is 75.4 cm³/mol. The molecule has 2 aliphatic heterocycles. The largest absolute Gasteiger partial charge is 0.379 e. The fourth-order valence-corrected chi connectivity index (χ4v) is 3.50. The van der Waals surface area contributed by atoms with Crippen LogP contribution in [0.5, 0.6) is 0 Å². The lowest BCUT2D eigenvalue weighted by atomic mass is 9.92. The van der Waals surface area contributed by atoms with E-state index in [-0.39, 0.29) is 17.9 Å². The third-order valence-corrected chi connectivity index (χ3v) is 4.97. The average molecular weight is 282 g/mol. The highest BCUT2D eigenvalue weighted by Gasteiger charge is 2.57. The first kappa shape index (κ1) is 14.3. The van der Waals surface area contributed by atoms with Crippen molar-refractivity contribution in [1.29, 1.82) is 0 Å². The smallest absolute Gasteiger partial charge is 0.223 e. The van der Waals surface area contributed by atoms with Gasteiger partial charge in [-0.25, -0.2) is 0 Å². The summed E-state index contributed by atoms with van der Waals surface area (Å²) in [6, 6.07) is 0. The van der Waals surface area contributed by atoms with Crippen LogP contribution in [0, 0.1) is 11.3 Å². The monoisotopic (exact) mass is 282 g/mol. The fourth-order valence-electron chi connectivity index (χ4n) is 3.50. The number of piperidine rings is 1. The van der Waals surface area contributed by atoms with Gasteiger partial charge >= 0.3 is 0 Å². The van der Waals surface area contributed by atoms with Crippen LogP contribution in [0.3, 0.4) is 0 Å². The van der Waals surface area contributed by atoms with Crippen LogP contribution in [0.25, 0.3) is 0 Å². The second-order valence-corrected chi connectivity index (χ2v) is 6.37. The van der Waals surface area contributed by atoms with E-state index in [0.29, 0.717) is 12.0 Å². The van der Waals surface area contributed by atoms with Crippen LogP contribution in [0.1, 0.15) is 32.1 Å². The quantitative estimate of drug-likeness (QED) is 0.704. The van der Waals surface area contributed by atoms with E-state index in [2.05, 4.69) is 10.6 Å². The molecular formula is C15H26N2O3. The molecule has 3 rings (SSSR count). The number of carbonyl (C=O) groups is 1. The van der Waals surface area contributed by atoms with Gasteiger partial charge in [0.25, 0.3) is 0 Å². The number of amides is 1.